The molecule has 0 aliphatic heterocycles. The highest BCUT2D eigenvalue weighted by atomic mass is 16.3. The monoisotopic (exact) mass is 226 g/mol. The van der Waals surface area contributed by atoms with Gasteiger partial charge in [-0.05, 0) is 12.8 Å². The number of hydrogen-bond acceptors (Lipinski definition) is 2. The topological polar surface area (TPSA) is 37.3 Å². The molecule has 94 valence electrons. The van der Waals surface area contributed by atoms with Crippen molar-refractivity contribution in [2.45, 2.75) is 83.2 Å². The molecule has 1 atom stereocenters. The molecule has 1 N–H and O–H groups in total. The number of aliphatic hydroxyl groups is 1. The van der Waals surface area contributed by atoms with Crippen LogP contribution in [0.5, 0.6) is 0 Å². The van der Waals surface area contributed by atoms with E-state index in [0.29, 0.717) is 12.8 Å². The standard InChI is InChI=1S/C14H26O2/c15-13-11-9-7-5-3-1-2-4-6-8-10-12-14(13)16/h13,15H,1-12H2. The second-order valence-electron chi connectivity index (χ2n) is 5.06. The summed E-state index contributed by atoms with van der Waals surface area (Å²) in [4.78, 5) is 11.5. The Morgan fingerprint density at radius 3 is 1.75 bits per heavy atom. The lowest BCUT2D eigenvalue weighted by atomic mass is 9.99. The van der Waals surface area contributed by atoms with Gasteiger partial charge >= 0.3 is 0 Å². The predicted molar refractivity (Wildman–Crippen MR) is 66.4 cm³/mol. The minimum Gasteiger partial charge on any atom is -0.385 e. The fourth-order valence-corrected chi connectivity index (χ4v) is 2.38. The van der Waals surface area contributed by atoms with Gasteiger partial charge in [0.05, 0.1) is 0 Å². The zero-order valence-electron chi connectivity index (χ0n) is 10.4. The van der Waals surface area contributed by atoms with Crippen molar-refractivity contribution in [1.29, 1.82) is 0 Å². The predicted octanol–water partition coefficient (Wildman–Crippen LogP) is 3.61. The van der Waals surface area contributed by atoms with Crippen LogP contribution in [0.4, 0.5) is 0 Å². The maximum Gasteiger partial charge on any atom is 0.161 e. The lowest BCUT2D eigenvalue weighted by Crippen LogP contribution is -2.19. The first kappa shape index (κ1) is 13.7. The lowest BCUT2D eigenvalue weighted by Gasteiger charge is -2.10. The van der Waals surface area contributed by atoms with E-state index < -0.39 is 6.10 Å². The molecule has 0 radical (unpaired) electrons. The van der Waals surface area contributed by atoms with E-state index in [1.807, 2.05) is 0 Å². The summed E-state index contributed by atoms with van der Waals surface area (Å²) >= 11 is 0. The fraction of sp³-hybridized carbons (Fsp3) is 0.929. The van der Waals surface area contributed by atoms with Crippen LogP contribution >= 0.6 is 0 Å². The Bertz CT molecular complexity index is 189. The molecule has 16 heavy (non-hydrogen) atoms. The Kier molecular flexibility index (Phi) is 7.48. The molecule has 1 unspecified atom stereocenters. The largest absolute Gasteiger partial charge is 0.385 e. The zero-order valence-corrected chi connectivity index (χ0v) is 10.4. The quantitative estimate of drug-likeness (QED) is 0.685. The molecule has 1 aliphatic rings. The van der Waals surface area contributed by atoms with Crippen molar-refractivity contribution >= 4 is 5.78 Å². The van der Waals surface area contributed by atoms with Gasteiger partial charge in [-0.3, -0.25) is 4.79 Å². The van der Waals surface area contributed by atoms with Crippen LogP contribution in [0.25, 0.3) is 0 Å². The summed E-state index contributed by atoms with van der Waals surface area (Å²) in [6.07, 6.45) is 12.8. The Labute approximate surface area is 99.4 Å². The lowest BCUT2D eigenvalue weighted by molar-refractivity contribution is -0.127. The Morgan fingerprint density at radius 2 is 1.19 bits per heavy atom. The molecular formula is C14H26O2. The van der Waals surface area contributed by atoms with Gasteiger partial charge < -0.3 is 5.11 Å². The van der Waals surface area contributed by atoms with Crippen molar-refractivity contribution in [2.24, 2.45) is 0 Å². The second kappa shape index (κ2) is 8.74. The maximum atomic E-state index is 11.5. The first-order valence-corrected chi connectivity index (χ1v) is 7.01. The molecule has 0 heterocycles. The summed E-state index contributed by atoms with van der Waals surface area (Å²) in [5, 5.41) is 9.64. The molecule has 0 aromatic rings. The van der Waals surface area contributed by atoms with Gasteiger partial charge in [0.15, 0.2) is 5.78 Å². The molecule has 1 fully saturated rings. The number of carbonyl (C=O) groups is 1. The molecule has 1 aliphatic carbocycles. The molecule has 0 bridgehead atoms. The van der Waals surface area contributed by atoms with Crippen molar-refractivity contribution < 1.29 is 9.90 Å². The van der Waals surface area contributed by atoms with Gasteiger partial charge in [-0.1, -0.05) is 57.8 Å². The average Bonchev–Trinajstić information content (AvgIpc) is 2.29. The van der Waals surface area contributed by atoms with Crippen LogP contribution in [0.2, 0.25) is 0 Å². The van der Waals surface area contributed by atoms with Crippen molar-refractivity contribution in [3.8, 4) is 0 Å². The SMILES string of the molecule is O=C1CCCCCCCCCCCCC1O. The summed E-state index contributed by atoms with van der Waals surface area (Å²) in [6, 6.07) is 0. The molecular weight excluding hydrogens is 200 g/mol. The molecule has 0 saturated heterocycles. The van der Waals surface area contributed by atoms with Crippen molar-refractivity contribution in [2.75, 3.05) is 0 Å². The highest BCUT2D eigenvalue weighted by Gasteiger charge is 2.13. The van der Waals surface area contributed by atoms with Gasteiger partial charge in [-0.25, -0.2) is 0 Å². The van der Waals surface area contributed by atoms with E-state index in [-0.39, 0.29) is 5.78 Å². The van der Waals surface area contributed by atoms with Gasteiger partial charge in [0.25, 0.3) is 0 Å². The molecule has 0 spiro atoms. The summed E-state index contributed by atoms with van der Waals surface area (Å²) in [7, 11) is 0. The van der Waals surface area contributed by atoms with Gasteiger partial charge in [0.2, 0.25) is 0 Å². The first-order valence-electron chi connectivity index (χ1n) is 7.01. The normalized spacial score (nSPS) is 27.3. The Morgan fingerprint density at radius 1 is 0.750 bits per heavy atom. The van der Waals surface area contributed by atoms with Crippen molar-refractivity contribution in [1.82, 2.24) is 0 Å². The highest BCUT2D eigenvalue weighted by Crippen LogP contribution is 2.15. The van der Waals surface area contributed by atoms with Crippen LogP contribution in [0.1, 0.15) is 77.0 Å². The third-order valence-electron chi connectivity index (χ3n) is 3.52. The van der Waals surface area contributed by atoms with Crippen LogP contribution in [-0.2, 0) is 4.79 Å². The third kappa shape index (κ3) is 6.26. The van der Waals surface area contributed by atoms with E-state index >= 15 is 0 Å². The van der Waals surface area contributed by atoms with E-state index in [2.05, 4.69) is 0 Å². The molecule has 0 aromatic heterocycles. The average molecular weight is 226 g/mol. The number of ketones is 1. The van der Waals surface area contributed by atoms with Crippen LogP contribution in [-0.4, -0.2) is 17.0 Å². The van der Waals surface area contributed by atoms with E-state index in [0.717, 1.165) is 19.3 Å². The minimum atomic E-state index is -0.678. The highest BCUT2D eigenvalue weighted by molar-refractivity contribution is 5.82. The van der Waals surface area contributed by atoms with Gasteiger partial charge in [0.1, 0.15) is 6.10 Å². The number of aliphatic hydroxyl groups excluding tert-OH is 1. The second-order valence-corrected chi connectivity index (χ2v) is 5.06. The molecule has 0 aromatic carbocycles. The van der Waals surface area contributed by atoms with Crippen molar-refractivity contribution in [3.63, 3.8) is 0 Å². The summed E-state index contributed by atoms with van der Waals surface area (Å²) in [6.45, 7) is 0. The number of rotatable bonds is 0. The number of Topliss-reactive ketones (excluding diaryl/α,β-unsaturated/α-hetero) is 1. The Balaban J connectivity index is 2.24. The van der Waals surface area contributed by atoms with E-state index in [1.165, 1.54) is 44.9 Å². The number of hydrogen-bond donors (Lipinski definition) is 1. The molecule has 2 heteroatoms. The smallest absolute Gasteiger partial charge is 0.161 e. The maximum absolute atomic E-state index is 11.5. The third-order valence-corrected chi connectivity index (χ3v) is 3.52. The van der Waals surface area contributed by atoms with Gasteiger partial charge in [-0.2, -0.15) is 0 Å². The fourth-order valence-electron chi connectivity index (χ4n) is 2.38. The van der Waals surface area contributed by atoms with E-state index in [1.54, 1.807) is 0 Å². The summed E-state index contributed by atoms with van der Waals surface area (Å²) in [5.74, 6) is 0.0667. The first-order chi connectivity index (χ1) is 7.80. The van der Waals surface area contributed by atoms with E-state index in [9.17, 15) is 9.90 Å². The summed E-state index contributed by atoms with van der Waals surface area (Å²) in [5.41, 5.74) is 0. The van der Waals surface area contributed by atoms with Crippen molar-refractivity contribution in [3.05, 3.63) is 0 Å². The number of carbonyl (C=O) groups excluding carboxylic acids is 1. The van der Waals surface area contributed by atoms with Crippen LogP contribution < -0.4 is 0 Å². The van der Waals surface area contributed by atoms with Crippen LogP contribution in [0.15, 0.2) is 0 Å². The summed E-state index contributed by atoms with van der Waals surface area (Å²) < 4.78 is 0. The van der Waals surface area contributed by atoms with Gasteiger partial charge in [-0.15, -0.1) is 0 Å². The molecule has 0 amide bonds. The van der Waals surface area contributed by atoms with Crippen LogP contribution in [0.3, 0.4) is 0 Å². The van der Waals surface area contributed by atoms with Gasteiger partial charge in [0, 0.05) is 6.42 Å². The Hall–Kier alpha value is -0.370. The molecule has 2 nitrogen and oxygen atoms in total. The molecule has 1 rings (SSSR count). The molecule has 1 saturated carbocycles. The van der Waals surface area contributed by atoms with E-state index in [4.69, 9.17) is 0 Å². The van der Waals surface area contributed by atoms with Crippen LogP contribution in [0, 0.1) is 0 Å². The zero-order chi connectivity index (χ0) is 11.6. The minimum absolute atomic E-state index is 0.0667.